The van der Waals surface area contributed by atoms with Crippen LogP contribution in [0.3, 0.4) is 0 Å². The maximum Gasteiger partial charge on any atom is 0.389 e. The Kier molecular flexibility index (Phi) is 1.72. The molecule has 0 saturated heterocycles. The molecule has 2 rings (SSSR count). The van der Waals surface area contributed by atoms with Gasteiger partial charge >= 0.3 is 11.6 Å². The fourth-order valence-electron chi connectivity index (χ4n) is 1.61. The number of rotatable bonds is 0. The molecule has 0 N–H and O–H groups in total. The predicted octanol–water partition coefficient (Wildman–Crippen LogP) is 0.990. The minimum atomic E-state index is -0.270. The molecule has 1 aromatic carbocycles. The summed E-state index contributed by atoms with van der Waals surface area (Å²) >= 11 is 0. The van der Waals surface area contributed by atoms with Gasteiger partial charge in [-0.2, -0.15) is 4.79 Å². The number of hydrogen-bond acceptors (Lipinski definition) is 1. The minimum Gasteiger partial charge on any atom is -0.361 e. The molecule has 0 bridgehead atoms. The number of carbonyl (C=O) groups excluding carboxylic acids is 1. The van der Waals surface area contributed by atoms with E-state index in [1.54, 1.807) is 7.05 Å². The zero-order chi connectivity index (χ0) is 10.3. The van der Waals surface area contributed by atoms with E-state index in [1.807, 2.05) is 25.1 Å². The molecule has 1 aliphatic heterocycles. The van der Waals surface area contributed by atoms with Gasteiger partial charge in [0.25, 0.3) is 0 Å². The van der Waals surface area contributed by atoms with Gasteiger partial charge in [0.1, 0.15) is 0 Å². The SMILES string of the molecule is Cc1ccc2c(c1)C(=[N+]=[N-])C(=O)N2C. The van der Waals surface area contributed by atoms with Crippen LogP contribution in [0, 0.1) is 6.92 Å². The van der Waals surface area contributed by atoms with Crippen molar-refractivity contribution in [3.8, 4) is 0 Å². The molecule has 0 radical (unpaired) electrons. The van der Waals surface area contributed by atoms with Crippen LogP contribution in [0.25, 0.3) is 5.53 Å². The van der Waals surface area contributed by atoms with E-state index in [1.165, 1.54) is 4.90 Å². The maximum atomic E-state index is 11.5. The fourth-order valence-corrected chi connectivity index (χ4v) is 1.61. The maximum absolute atomic E-state index is 11.5. The van der Waals surface area contributed by atoms with Gasteiger partial charge in [-0.25, -0.2) is 0 Å². The molecule has 0 unspecified atom stereocenters. The van der Waals surface area contributed by atoms with E-state index in [-0.39, 0.29) is 11.6 Å². The van der Waals surface area contributed by atoms with Crippen LogP contribution in [-0.2, 0) is 4.79 Å². The first-order valence-corrected chi connectivity index (χ1v) is 4.26. The van der Waals surface area contributed by atoms with Gasteiger partial charge in [-0.05, 0) is 19.1 Å². The second-order valence-corrected chi connectivity index (χ2v) is 3.33. The Morgan fingerprint density at radius 2 is 2.14 bits per heavy atom. The van der Waals surface area contributed by atoms with Gasteiger partial charge in [-0.3, -0.25) is 4.79 Å². The number of fused-ring (bicyclic) bond motifs is 1. The first kappa shape index (κ1) is 8.66. The van der Waals surface area contributed by atoms with E-state index in [0.29, 0.717) is 5.56 Å². The lowest BCUT2D eigenvalue weighted by molar-refractivity contribution is -0.115. The third kappa shape index (κ3) is 0.980. The van der Waals surface area contributed by atoms with E-state index < -0.39 is 0 Å². The molecule has 1 heterocycles. The molecule has 1 aromatic rings. The standard InChI is InChI=1S/C10H9N3O/c1-6-3-4-8-7(5-6)9(12-11)10(14)13(8)2/h3-5H,1-2H3. The topological polar surface area (TPSA) is 56.7 Å². The summed E-state index contributed by atoms with van der Waals surface area (Å²) in [6.07, 6.45) is 0. The van der Waals surface area contributed by atoms with Crippen LogP contribution in [-0.4, -0.2) is 23.5 Å². The zero-order valence-electron chi connectivity index (χ0n) is 7.98. The highest BCUT2D eigenvalue weighted by atomic mass is 16.2. The average molecular weight is 187 g/mol. The molecule has 14 heavy (non-hydrogen) atoms. The number of likely N-dealkylation sites (N-methyl/N-ethyl adjacent to an activating group) is 1. The van der Waals surface area contributed by atoms with E-state index in [9.17, 15) is 4.79 Å². The number of amides is 1. The zero-order valence-corrected chi connectivity index (χ0v) is 7.98. The number of aryl methyl sites for hydroxylation is 1. The van der Waals surface area contributed by atoms with Crippen molar-refractivity contribution in [2.24, 2.45) is 0 Å². The van der Waals surface area contributed by atoms with Gasteiger partial charge in [-0.15, -0.1) is 0 Å². The Morgan fingerprint density at radius 3 is 2.79 bits per heavy atom. The van der Waals surface area contributed by atoms with Crippen molar-refractivity contribution in [1.82, 2.24) is 0 Å². The van der Waals surface area contributed by atoms with E-state index in [2.05, 4.69) is 4.79 Å². The summed E-state index contributed by atoms with van der Waals surface area (Å²) in [4.78, 5) is 16.0. The molecule has 1 aliphatic rings. The van der Waals surface area contributed by atoms with Crippen molar-refractivity contribution in [2.45, 2.75) is 6.92 Å². The Morgan fingerprint density at radius 1 is 1.43 bits per heavy atom. The molecule has 0 atom stereocenters. The molecule has 70 valence electrons. The van der Waals surface area contributed by atoms with Crippen LogP contribution < -0.4 is 4.90 Å². The Labute approximate surface area is 81.4 Å². The molecule has 0 saturated carbocycles. The Bertz CT molecular complexity index is 472. The number of benzene rings is 1. The first-order chi connectivity index (χ1) is 6.65. The summed E-state index contributed by atoms with van der Waals surface area (Å²) in [5.74, 6) is -0.270. The van der Waals surface area contributed by atoms with Crippen molar-refractivity contribution >= 4 is 17.3 Å². The Balaban J connectivity index is 2.74. The molecule has 1 amide bonds. The van der Waals surface area contributed by atoms with Gasteiger partial charge in [0.05, 0.1) is 11.3 Å². The lowest BCUT2D eigenvalue weighted by atomic mass is 10.1. The number of nitrogens with zero attached hydrogens (tertiary/aromatic N) is 3. The first-order valence-electron chi connectivity index (χ1n) is 4.26. The third-order valence-electron chi connectivity index (χ3n) is 2.38. The summed E-state index contributed by atoms with van der Waals surface area (Å²) in [5.41, 5.74) is 11.4. The number of hydrogen-bond donors (Lipinski definition) is 0. The molecule has 0 fully saturated rings. The predicted molar refractivity (Wildman–Crippen MR) is 52.3 cm³/mol. The summed E-state index contributed by atoms with van der Waals surface area (Å²) in [6, 6.07) is 5.61. The van der Waals surface area contributed by atoms with E-state index >= 15 is 0 Å². The van der Waals surface area contributed by atoms with Crippen molar-refractivity contribution in [3.63, 3.8) is 0 Å². The highest BCUT2D eigenvalue weighted by Crippen LogP contribution is 2.27. The third-order valence-corrected chi connectivity index (χ3v) is 2.38. The molecule has 0 aliphatic carbocycles. The molecule has 0 aromatic heterocycles. The highest BCUT2D eigenvalue weighted by molar-refractivity contribution is 6.52. The van der Waals surface area contributed by atoms with Crippen molar-refractivity contribution < 1.29 is 9.58 Å². The van der Waals surface area contributed by atoms with Crippen LogP contribution in [0.15, 0.2) is 18.2 Å². The lowest BCUT2D eigenvalue weighted by Gasteiger charge is -2.06. The van der Waals surface area contributed by atoms with Gasteiger partial charge in [0, 0.05) is 7.05 Å². The second-order valence-electron chi connectivity index (χ2n) is 3.33. The molecule has 4 nitrogen and oxygen atoms in total. The smallest absolute Gasteiger partial charge is 0.361 e. The van der Waals surface area contributed by atoms with Crippen LogP contribution >= 0.6 is 0 Å². The van der Waals surface area contributed by atoms with Crippen LogP contribution in [0.2, 0.25) is 0 Å². The number of anilines is 1. The molecule has 4 heteroatoms. The van der Waals surface area contributed by atoms with Gasteiger partial charge in [-0.1, -0.05) is 11.6 Å². The van der Waals surface area contributed by atoms with Gasteiger partial charge in [0.2, 0.25) is 0 Å². The molecular weight excluding hydrogens is 178 g/mol. The minimum absolute atomic E-state index is 0.117. The van der Waals surface area contributed by atoms with Crippen LogP contribution in [0.5, 0.6) is 0 Å². The van der Waals surface area contributed by atoms with Crippen molar-refractivity contribution in [1.29, 1.82) is 0 Å². The van der Waals surface area contributed by atoms with E-state index in [4.69, 9.17) is 5.53 Å². The van der Waals surface area contributed by atoms with Crippen LogP contribution in [0.1, 0.15) is 11.1 Å². The average Bonchev–Trinajstić information content (AvgIpc) is 2.39. The highest BCUT2D eigenvalue weighted by Gasteiger charge is 2.38. The summed E-state index contributed by atoms with van der Waals surface area (Å²) < 4.78 is 0. The quantitative estimate of drug-likeness (QED) is 0.441. The van der Waals surface area contributed by atoms with E-state index in [0.717, 1.165) is 11.3 Å². The van der Waals surface area contributed by atoms with Crippen molar-refractivity contribution in [3.05, 3.63) is 34.9 Å². The summed E-state index contributed by atoms with van der Waals surface area (Å²) in [6.45, 7) is 1.93. The molecule has 0 spiro atoms. The van der Waals surface area contributed by atoms with Gasteiger partial charge in [0.15, 0.2) is 0 Å². The Hall–Kier alpha value is -1.93. The van der Waals surface area contributed by atoms with Gasteiger partial charge < -0.3 is 10.4 Å². The largest absolute Gasteiger partial charge is 0.389 e. The number of carbonyl (C=O) groups is 1. The summed E-state index contributed by atoms with van der Waals surface area (Å²) in [5, 5.41) is 0. The monoisotopic (exact) mass is 187 g/mol. The normalized spacial score (nSPS) is 14.3. The second kappa shape index (κ2) is 2.79. The van der Waals surface area contributed by atoms with Crippen LogP contribution in [0.4, 0.5) is 5.69 Å². The summed E-state index contributed by atoms with van der Waals surface area (Å²) in [7, 11) is 1.66. The van der Waals surface area contributed by atoms with Crippen molar-refractivity contribution in [2.75, 3.05) is 11.9 Å². The fraction of sp³-hybridized carbons (Fsp3) is 0.200. The lowest BCUT2D eigenvalue weighted by Crippen LogP contribution is -2.25. The molecular formula is C10H9N3O.